The summed E-state index contributed by atoms with van der Waals surface area (Å²) in [6, 6.07) is 2.57. The number of rotatable bonds is 3. The number of nitro benzene ring substituents is 1. The van der Waals surface area contributed by atoms with E-state index in [1.807, 2.05) is 6.92 Å². The zero-order valence-corrected chi connectivity index (χ0v) is 10.4. The predicted molar refractivity (Wildman–Crippen MR) is 65.2 cm³/mol. The van der Waals surface area contributed by atoms with Crippen LogP contribution < -0.4 is 5.73 Å². The van der Waals surface area contributed by atoms with E-state index in [1.54, 1.807) is 6.92 Å². The number of hydrogen-bond donors (Lipinski definition) is 1. The van der Waals surface area contributed by atoms with Crippen LogP contribution in [-0.4, -0.2) is 11.0 Å². The summed E-state index contributed by atoms with van der Waals surface area (Å²) in [6.07, 6.45) is 0. The van der Waals surface area contributed by atoms with Gasteiger partial charge in [-0.05, 0) is 13.0 Å². The molecule has 0 aromatic heterocycles. The van der Waals surface area contributed by atoms with E-state index >= 15 is 0 Å². The summed E-state index contributed by atoms with van der Waals surface area (Å²) in [6.45, 7) is 3.61. The van der Waals surface area contributed by atoms with E-state index in [-0.39, 0.29) is 22.7 Å². The van der Waals surface area contributed by atoms with E-state index in [4.69, 9.17) is 28.9 Å². The van der Waals surface area contributed by atoms with Crippen LogP contribution in [-0.2, 0) is 0 Å². The Balaban J connectivity index is 3.36. The van der Waals surface area contributed by atoms with Crippen LogP contribution in [0.1, 0.15) is 25.3 Å². The Bertz CT molecular complexity index is 422. The molecule has 0 fully saturated rings. The van der Waals surface area contributed by atoms with Crippen molar-refractivity contribution < 1.29 is 4.92 Å². The molecule has 0 bridgehead atoms. The highest BCUT2D eigenvalue weighted by Gasteiger charge is 2.23. The summed E-state index contributed by atoms with van der Waals surface area (Å²) < 4.78 is 0. The number of benzene rings is 1. The highest BCUT2D eigenvalue weighted by molar-refractivity contribution is 6.42. The Morgan fingerprint density at radius 3 is 2.25 bits per heavy atom. The van der Waals surface area contributed by atoms with Gasteiger partial charge in [-0.2, -0.15) is 0 Å². The molecule has 0 aliphatic rings. The van der Waals surface area contributed by atoms with E-state index < -0.39 is 4.92 Å². The van der Waals surface area contributed by atoms with Crippen LogP contribution in [0.3, 0.4) is 0 Å². The molecule has 0 saturated carbocycles. The van der Waals surface area contributed by atoms with Gasteiger partial charge in [0.25, 0.3) is 5.69 Å². The lowest BCUT2D eigenvalue weighted by Gasteiger charge is -2.16. The van der Waals surface area contributed by atoms with Crippen molar-refractivity contribution in [3.8, 4) is 0 Å². The first-order valence-electron chi connectivity index (χ1n) is 4.73. The van der Waals surface area contributed by atoms with Crippen molar-refractivity contribution in [2.24, 2.45) is 5.73 Å². The summed E-state index contributed by atoms with van der Waals surface area (Å²) in [5.41, 5.74) is 6.19. The standard InChI is InChI=1S/C10H12Cl2N2O2/c1-5(6(2)13)7-3-8(11)9(12)4-10(7)14(15)16/h3-6H,13H2,1-2H3. The van der Waals surface area contributed by atoms with Gasteiger partial charge < -0.3 is 5.73 Å². The third kappa shape index (κ3) is 2.64. The molecular weight excluding hydrogens is 251 g/mol. The molecule has 0 heterocycles. The third-order valence-electron chi connectivity index (χ3n) is 2.55. The zero-order valence-electron chi connectivity index (χ0n) is 8.91. The van der Waals surface area contributed by atoms with Gasteiger partial charge >= 0.3 is 0 Å². The van der Waals surface area contributed by atoms with Crippen LogP contribution >= 0.6 is 23.2 Å². The van der Waals surface area contributed by atoms with Gasteiger partial charge in [0, 0.05) is 23.6 Å². The molecule has 0 amide bonds. The Hall–Kier alpha value is -0.840. The van der Waals surface area contributed by atoms with Crippen molar-refractivity contribution in [1.29, 1.82) is 0 Å². The number of nitro groups is 1. The molecule has 88 valence electrons. The molecule has 1 aromatic rings. The maximum atomic E-state index is 10.9. The minimum absolute atomic E-state index is 0.0424. The quantitative estimate of drug-likeness (QED) is 0.671. The normalized spacial score (nSPS) is 14.6. The summed E-state index contributed by atoms with van der Waals surface area (Å²) in [4.78, 5) is 10.4. The van der Waals surface area contributed by atoms with Crippen molar-refractivity contribution in [3.63, 3.8) is 0 Å². The van der Waals surface area contributed by atoms with Crippen LogP contribution in [0.25, 0.3) is 0 Å². The fourth-order valence-electron chi connectivity index (χ4n) is 1.36. The first-order valence-corrected chi connectivity index (χ1v) is 5.49. The fraction of sp³-hybridized carbons (Fsp3) is 0.400. The molecule has 2 N–H and O–H groups in total. The first-order chi connectivity index (χ1) is 7.34. The maximum absolute atomic E-state index is 10.9. The topological polar surface area (TPSA) is 69.2 Å². The van der Waals surface area contributed by atoms with Gasteiger partial charge in [0.2, 0.25) is 0 Å². The SMILES string of the molecule is CC(N)C(C)c1cc(Cl)c(Cl)cc1[N+](=O)[O-]. The van der Waals surface area contributed by atoms with Gasteiger partial charge in [-0.15, -0.1) is 0 Å². The van der Waals surface area contributed by atoms with Crippen molar-refractivity contribution in [3.05, 3.63) is 37.9 Å². The van der Waals surface area contributed by atoms with Crippen molar-refractivity contribution >= 4 is 28.9 Å². The first kappa shape index (κ1) is 13.2. The molecule has 1 aromatic carbocycles. The smallest absolute Gasteiger partial charge is 0.274 e. The van der Waals surface area contributed by atoms with Crippen molar-refractivity contribution in [2.75, 3.05) is 0 Å². The molecule has 2 atom stereocenters. The number of nitrogens with zero attached hydrogens (tertiary/aromatic N) is 1. The molecule has 0 radical (unpaired) electrons. The summed E-state index contributed by atoms with van der Waals surface area (Å²) in [5.74, 6) is -0.157. The van der Waals surface area contributed by atoms with E-state index in [0.717, 1.165) is 0 Å². The summed E-state index contributed by atoms with van der Waals surface area (Å²) in [5, 5.41) is 11.4. The van der Waals surface area contributed by atoms with Gasteiger partial charge in [-0.3, -0.25) is 10.1 Å². The predicted octanol–water partition coefficient (Wildman–Crippen LogP) is 3.35. The van der Waals surface area contributed by atoms with E-state index in [0.29, 0.717) is 10.6 Å². The summed E-state index contributed by atoms with van der Waals surface area (Å²) >= 11 is 11.6. The second-order valence-electron chi connectivity index (χ2n) is 3.73. The lowest BCUT2D eigenvalue weighted by atomic mass is 9.93. The molecule has 4 nitrogen and oxygen atoms in total. The Morgan fingerprint density at radius 1 is 1.31 bits per heavy atom. The minimum Gasteiger partial charge on any atom is -0.327 e. The van der Waals surface area contributed by atoms with Gasteiger partial charge in [0.15, 0.2) is 0 Å². The molecule has 0 saturated heterocycles. The van der Waals surface area contributed by atoms with E-state index in [1.165, 1.54) is 12.1 Å². The Labute approximate surface area is 103 Å². The van der Waals surface area contributed by atoms with Crippen LogP contribution in [0.15, 0.2) is 12.1 Å². The van der Waals surface area contributed by atoms with Crippen molar-refractivity contribution in [1.82, 2.24) is 0 Å². The average Bonchev–Trinajstić information content (AvgIpc) is 2.19. The largest absolute Gasteiger partial charge is 0.327 e. The third-order valence-corrected chi connectivity index (χ3v) is 3.27. The maximum Gasteiger partial charge on any atom is 0.274 e. The molecule has 16 heavy (non-hydrogen) atoms. The number of nitrogens with two attached hydrogens (primary N) is 1. The highest BCUT2D eigenvalue weighted by atomic mass is 35.5. The lowest BCUT2D eigenvalue weighted by Crippen LogP contribution is -2.23. The average molecular weight is 263 g/mol. The highest BCUT2D eigenvalue weighted by Crippen LogP contribution is 2.35. The molecule has 1 rings (SSSR count). The molecular formula is C10H12Cl2N2O2. The molecule has 0 aliphatic heterocycles. The van der Waals surface area contributed by atoms with Crippen LogP contribution in [0.4, 0.5) is 5.69 Å². The monoisotopic (exact) mass is 262 g/mol. The van der Waals surface area contributed by atoms with Gasteiger partial charge in [-0.1, -0.05) is 30.1 Å². The van der Waals surface area contributed by atoms with Gasteiger partial charge in [0.1, 0.15) is 0 Å². The molecule has 6 heteroatoms. The van der Waals surface area contributed by atoms with Gasteiger partial charge in [-0.25, -0.2) is 0 Å². The Morgan fingerprint density at radius 2 is 1.81 bits per heavy atom. The number of halogens is 2. The molecule has 0 aliphatic carbocycles. The number of hydrogen-bond acceptors (Lipinski definition) is 3. The van der Waals surface area contributed by atoms with Gasteiger partial charge in [0.05, 0.1) is 15.0 Å². The van der Waals surface area contributed by atoms with Crippen LogP contribution in [0, 0.1) is 10.1 Å². The van der Waals surface area contributed by atoms with E-state index in [2.05, 4.69) is 0 Å². The van der Waals surface area contributed by atoms with Crippen LogP contribution in [0.5, 0.6) is 0 Å². The van der Waals surface area contributed by atoms with Crippen molar-refractivity contribution in [2.45, 2.75) is 25.8 Å². The second kappa shape index (κ2) is 4.99. The fourth-order valence-corrected chi connectivity index (χ4v) is 1.69. The molecule has 2 unspecified atom stereocenters. The summed E-state index contributed by atoms with van der Waals surface area (Å²) in [7, 11) is 0. The second-order valence-corrected chi connectivity index (χ2v) is 4.54. The lowest BCUT2D eigenvalue weighted by molar-refractivity contribution is -0.385. The Kier molecular flexibility index (Phi) is 4.13. The van der Waals surface area contributed by atoms with E-state index in [9.17, 15) is 10.1 Å². The van der Waals surface area contributed by atoms with Crippen LogP contribution in [0.2, 0.25) is 10.0 Å². The molecule has 0 spiro atoms. The minimum atomic E-state index is -0.476. The zero-order chi connectivity index (χ0) is 12.5.